The molecule has 3 rings (SSSR count). The minimum atomic E-state index is 0.200. The highest BCUT2D eigenvalue weighted by Crippen LogP contribution is 2.49. The number of aliphatic hydroxyl groups excluding tert-OH is 1. The molecule has 2 nitrogen and oxygen atoms in total. The molecule has 1 atom stereocenters. The first-order valence-corrected chi connectivity index (χ1v) is 6.16. The molecule has 1 aliphatic carbocycles. The van der Waals surface area contributed by atoms with Gasteiger partial charge < -0.3 is 9.84 Å². The lowest BCUT2D eigenvalue weighted by Crippen LogP contribution is -2.35. The van der Waals surface area contributed by atoms with E-state index in [0.717, 1.165) is 18.8 Å². The lowest BCUT2D eigenvalue weighted by atomic mass is 9.64. The first kappa shape index (κ1) is 10.2. The molecule has 1 aromatic carbocycles. The van der Waals surface area contributed by atoms with Crippen LogP contribution in [0.2, 0.25) is 0 Å². The van der Waals surface area contributed by atoms with E-state index in [-0.39, 0.29) is 5.41 Å². The molecule has 0 bridgehead atoms. The van der Waals surface area contributed by atoms with Gasteiger partial charge in [0.15, 0.2) is 0 Å². The van der Waals surface area contributed by atoms with Gasteiger partial charge in [0.05, 0.1) is 6.61 Å². The third kappa shape index (κ3) is 1.52. The van der Waals surface area contributed by atoms with Crippen molar-refractivity contribution in [1.29, 1.82) is 0 Å². The molecular formula is C14H18O2. The predicted octanol–water partition coefficient (Wildman–Crippen LogP) is 2.72. The largest absolute Gasteiger partial charge is 0.493 e. The minimum Gasteiger partial charge on any atom is -0.493 e. The predicted molar refractivity (Wildman–Crippen MR) is 62.7 cm³/mol. The van der Waals surface area contributed by atoms with Crippen molar-refractivity contribution in [1.82, 2.24) is 0 Å². The number of hydrogen-bond donors (Lipinski definition) is 1. The van der Waals surface area contributed by atoms with Gasteiger partial charge in [-0.05, 0) is 30.7 Å². The normalized spacial score (nSPS) is 25.7. The van der Waals surface area contributed by atoms with Crippen molar-refractivity contribution < 1.29 is 9.84 Å². The zero-order chi connectivity index (χ0) is 11.0. The van der Waals surface area contributed by atoms with Gasteiger partial charge in [0, 0.05) is 18.1 Å². The molecule has 0 amide bonds. The van der Waals surface area contributed by atoms with Crippen LogP contribution in [-0.2, 0) is 0 Å². The number of para-hydroxylation sites is 1. The summed E-state index contributed by atoms with van der Waals surface area (Å²) in [5.74, 6) is 1.53. The van der Waals surface area contributed by atoms with E-state index in [0.29, 0.717) is 12.5 Å². The molecule has 2 heteroatoms. The van der Waals surface area contributed by atoms with Crippen molar-refractivity contribution in [2.45, 2.75) is 31.6 Å². The van der Waals surface area contributed by atoms with Crippen molar-refractivity contribution in [2.24, 2.45) is 5.41 Å². The van der Waals surface area contributed by atoms with Gasteiger partial charge in [0.2, 0.25) is 0 Å². The maximum atomic E-state index is 9.50. The van der Waals surface area contributed by atoms with Gasteiger partial charge in [0.1, 0.15) is 5.75 Å². The Hall–Kier alpha value is -1.02. The molecule has 2 aliphatic rings. The van der Waals surface area contributed by atoms with Gasteiger partial charge >= 0.3 is 0 Å². The second-order valence-corrected chi connectivity index (χ2v) is 5.26. The molecule has 1 fully saturated rings. The molecule has 0 aromatic heterocycles. The zero-order valence-corrected chi connectivity index (χ0v) is 9.48. The SMILES string of the molecule is OCC1(CC2COc3ccccc32)CCC1. The summed E-state index contributed by atoms with van der Waals surface area (Å²) in [4.78, 5) is 0. The maximum Gasteiger partial charge on any atom is 0.122 e. The number of rotatable bonds is 3. The Balaban J connectivity index is 1.78. The number of ether oxygens (including phenoxy) is 1. The zero-order valence-electron chi connectivity index (χ0n) is 9.48. The van der Waals surface area contributed by atoms with Crippen LogP contribution >= 0.6 is 0 Å². The van der Waals surface area contributed by atoms with Crippen molar-refractivity contribution in [3.8, 4) is 5.75 Å². The summed E-state index contributed by atoms with van der Waals surface area (Å²) >= 11 is 0. The van der Waals surface area contributed by atoms with Crippen LogP contribution in [0.15, 0.2) is 24.3 Å². The summed E-state index contributed by atoms with van der Waals surface area (Å²) in [6.07, 6.45) is 4.72. The molecule has 1 unspecified atom stereocenters. The van der Waals surface area contributed by atoms with Crippen molar-refractivity contribution in [2.75, 3.05) is 13.2 Å². The van der Waals surface area contributed by atoms with E-state index in [1.165, 1.54) is 24.8 Å². The molecule has 1 heterocycles. The van der Waals surface area contributed by atoms with E-state index in [1.54, 1.807) is 0 Å². The molecule has 0 radical (unpaired) electrons. The fourth-order valence-corrected chi connectivity index (χ4v) is 3.02. The Bertz CT molecular complexity index is 377. The van der Waals surface area contributed by atoms with E-state index in [9.17, 15) is 5.11 Å². The topological polar surface area (TPSA) is 29.5 Å². The Morgan fingerprint density at radius 3 is 2.81 bits per heavy atom. The molecule has 1 saturated carbocycles. The molecule has 1 aromatic rings. The van der Waals surface area contributed by atoms with Crippen LogP contribution in [0.5, 0.6) is 5.75 Å². The van der Waals surface area contributed by atoms with Gasteiger partial charge in [-0.3, -0.25) is 0 Å². The molecular weight excluding hydrogens is 200 g/mol. The highest BCUT2D eigenvalue weighted by molar-refractivity contribution is 5.39. The van der Waals surface area contributed by atoms with Crippen molar-refractivity contribution in [3.63, 3.8) is 0 Å². The van der Waals surface area contributed by atoms with E-state index in [2.05, 4.69) is 12.1 Å². The van der Waals surface area contributed by atoms with Crippen LogP contribution in [-0.4, -0.2) is 18.3 Å². The second kappa shape index (κ2) is 3.77. The molecule has 86 valence electrons. The first-order chi connectivity index (χ1) is 7.83. The Labute approximate surface area is 96.2 Å². The molecule has 1 N–H and O–H groups in total. The quantitative estimate of drug-likeness (QED) is 0.845. The fourth-order valence-electron chi connectivity index (χ4n) is 3.02. The lowest BCUT2D eigenvalue weighted by Gasteiger charge is -2.42. The summed E-state index contributed by atoms with van der Waals surface area (Å²) in [5.41, 5.74) is 1.54. The van der Waals surface area contributed by atoms with Crippen LogP contribution in [0, 0.1) is 5.41 Å². The minimum absolute atomic E-state index is 0.200. The van der Waals surface area contributed by atoms with Crippen molar-refractivity contribution in [3.05, 3.63) is 29.8 Å². The van der Waals surface area contributed by atoms with Gasteiger partial charge in [-0.1, -0.05) is 24.6 Å². The van der Waals surface area contributed by atoms with Gasteiger partial charge in [0.25, 0.3) is 0 Å². The summed E-state index contributed by atoms with van der Waals surface area (Å²) in [5, 5.41) is 9.50. The van der Waals surface area contributed by atoms with Gasteiger partial charge in [-0.25, -0.2) is 0 Å². The fraction of sp³-hybridized carbons (Fsp3) is 0.571. The molecule has 0 saturated heterocycles. The second-order valence-electron chi connectivity index (χ2n) is 5.26. The smallest absolute Gasteiger partial charge is 0.122 e. The van der Waals surface area contributed by atoms with Gasteiger partial charge in [-0.2, -0.15) is 0 Å². The highest BCUT2D eigenvalue weighted by atomic mass is 16.5. The molecule has 0 spiro atoms. The number of benzene rings is 1. The highest BCUT2D eigenvalue weighted by Gasteiger charge is 2.40. The van der Waals surface area contributed by atoms with Crippen LogP contribution in [0.3, 0.4) is 0 Å². The Kier molecular flexibility index (Phi) is 2.40. The summed E-state index contributed by atoms with van der Waals surface area (Å²) in [7, 11) is 0. The summed E-state index contributed by atoms with van der Waals surface area (Å²) in [6, 6.07) is 8.30. The number of aliphatic hydroxyl groups is 1. The van der Waals surface area contributed by atoms with Crippen molar-refractivity contribution >= 4 is 0 Å². The summed E-state index contributed by atoms with van der Waals surface area (Å²) < 4.78 is 5.69. The van der Waals surface area contributed by atoms with Crippen LogP contribution in [0.4, 0.5) is 0 Å². The lowest BCUT2D eigenvalue weighted by molar-refractivity contribution is 0.0272. The third-order valence-electron chi connectivity index (χ3n) is 4.23. The number of hydrogen-bond acceptors (Lipinski definition) is 2. The van der Waals surface area contributed by atoms with E-state index in [4.69, 9.17) is 4.74 Å². The molecule has 16 heavy (non-hydrogen) atoms. The van der Waals surface area contributed by atoms with Crippen LogP contribution in [0.25, 0.3) is 0 Å². The van der Waals surface area contributed by atoms with E-state index in [1.807, 2.05) is 12.1 Å². The first-order valence-electron chi connectivity index (χ1n) is 6.16. The van der Waals surface area contributed by atoms with E-state index >= 15 is 0 Å². The average molecular weight is 218 g/mol. The Morgan fingerprint density at radius 2 is 2.12 bits per heavy atom. The molecule has 1 aliphatic heterocycles. The number of fused-ring (bicyclic) bond motifs is 1. The standard InChI is InChI=1S/C14H18O2/c15-10-14(6-3-7-14)8-11-9-16-13-5-2-1-4-12(11)13/h1-2,4-5,11,15H,3,6-10H2. The van der Waals surface area contributed by atoms with Crippen LogP contribution in [0.1, 0.15) is 37.2 Å². The monoisotopic (exact) mass is 218 g/mol. The Morgan fingerprint density at radius 1 is 1.31 bits per heavy atom. The van der Waals surface area contributed by atoms with Crippen LogP contribution < -0.4 is 4.74 Å². The summed E-state index contributed by atoms with van der Waals surface area (Å²) in [6.45, 7) is 1.13. The van der Waals surface area contributed by atoms with Gasteiger partial charge in [-0.15, -0.1) is 0 Å². The third-order valence-corrected chi connectivity index (χ3v) is 4.23. The average Bonchev–Trinajstić information content (AvgIpc) is 2.67. The maximum absolute atomic E-state index is 9.50. The van der Waals surface area contributed by atoms with E-state index < -0.39 is 0 Å².